The molecule has 0 atom stereocenters. The van der Waals surface area contributed by atoms with E-state index in [4.69, 9.17) is 29.6 Å². The summed E-state index contributed by atoms with van der Waals surface area (Å²) >= 11 is 10.9. The Morgan fingerprint density at radius 2 is 2.15 bits per heavy atom. The molecule has 1 aromatic rings. The van der Waals surface area contributed by atoms with Crippen molar-refractivity contribution in [1.82, 2.24) is 4.90 Å². The van der Waals surface area contributed by atoms with E-state index in [9.17, 15) is 9.18 Å². The molecular formula is C13H15ClFN3OS. The Bertz CT molecular complexity index is 593. The van der Waals surface area contributed by atoms with Gasteiger partial charge >= 0.3 is 0 Å². The van der Waals surface area contributed by atoms with E-state index >= 15 is 0 Å². The molecule has 2 rings (SSSR count). The van der Waals surface area contributed by atoms with E-state index in [0.29, 0.717) is 36.6 Å². The fourth-order valence-corrected chi connectivity index (χ4v) is 2.77. The summed E-state index contributed by atoms with van der Waals surface area (Å²) in [4.78, 5) is 15.1. The van der Waals surface area contributed by atoms with Crippen LogP contribution in [-0.2, 0) is 4.79 Å². The second kappa shape index (κ2) is 5.54. The number of thiocarbonyl (C=S) groups is 1. The van der Waals surface area contributed by atoms with Crippen molar-refractivity contribution >= 4 is 40.4 Å². The highest BCUT2D eigenvalue weighted by Gasteiger charge is 2.27. The van der Waals surface area contributed by atoms with Gasteiger partial charge in [0.15, 0.2) is 0 Å². The third-order valence-electron chi connectivity index (χ3n) is 3.43. The summed E-state index contributed by atoms with van der Waals surface area (Å²) in [6.45, 7) is 4.74. The van der Waals surface area contributed by atoms with Crippen molar-refractivity contribution < 1.29 is 9.18 Å². The van der Waals surface area contributed by atoms with Crippen LogP contribution in [0, 0.1) is 12.7 Å². The van der Waals surface area contributed by atoms with Gasteiger partial charge in [-0.3, -0.25) is 4.79 Å². The summed E-state index contributed by atoms with van der Waals surface area (Å²) in [5, 5.41) is -0.00308. The van der Waals surface area contributed by atoms with Gasteiger partial charge in [-0.15, -0.1) is 0 Å². The van der Waals surface area contributed by atoms with Crippen LogP contribution in [0.1, 0.15) is 18.1 Å². The van der Waals surface area contributed by atoms with Crippen LogP contribution < -0.4 is 10.6 Å². The van der Waals surface area contributed by atoms with Crippen LogP contribution in [0.2, 0.25) is 5.02 Å². The lowest BCUT2D eigenvalue weighted by Crippen LogP contribution is -2.30. The van der Waals surface area contributed by atoms with Gasteiger partial charge in [-0.05, 0) is 13.0 Å². The first-order chi connectivity index (χ1) is 9.32. The van der Waals surface area contributed by atoms with Gasteiger partial charge in [0.1, 0.15) is 10.8 Å². The lowest BCUT2D eigenvalue weighted by molar-refractivity contribution is -0.127. The Labute approximate surface area is 127 Å². The molecule has 0 aromatic heterocycles. The van der Waals surface area contributed by atoms with Gasteiger partial charge in [0.25, 0.3) is 0 Å². The van der Waals surface area contributed by atoms with Gasteiger partial charge < -0.3 is 15.5 Å². The topological polar surface area (TPSA) is 49.6 Å². The largest absolute Gasteiger partial charge is 0.389 e. The predicted octanol–water partition coefficient (Wildman–Crippen LogP) is 2.05. The SMILES string of the molecule is CC(=O)N1CCN(c2c(C(N)=S)cc(Cl)c(F)c2C)C1. The molecule has 0 spiro atoms. The minimum atomic E-state index is -0.483. The maximum atomic E-state index is 14.0. The number of benzene rings is 1. The van der Waals surface area contributed by atoms with Crippen molar-refractivity contribution in [2.24, 2.45) is 5.73 Å². The Balaban J connectivity index is 2.48. The maximum absolute atomic E-state index is 14.0. The second-order valence-electron chi connectivity index (χ2n) is 4.75. The normalized spacial score (nSPS) is 14.8. The molecule has 1 saturated heterocycles. The van der Waals surface area contributed by atoms with Gasteiger partial charge in [-0.1, -0.05) is 23.8 Å². The first kappa shape index (κ1) is 15.0. The van der Waals surface area contributed by atoms with Crippen molar-refractivity contribution in [1.29, 1.82) is 0 Å². The molecule has 108 valence electrons. The van der Waals surface area contributed by atoms with E-state index in [1.54, 1.807) is 11.8 Å². The van der Waals surface area contributed by atoms with Crippen molar-refractivity contribution in [3.63, 3.8) is 0 Å². The fourth-order valence-electron chi connectivity index (χ4n) is 2.37. The average Bonchev–Trinajstić information content (AvgIpc) is 2.84. The van der Waals surface area contributed by atoms with Crippen molar-refractivity contribution in [3.8, 4) is 0 Å². The highest BCUT2D eigenvalue weighted by molar-refractivity contribution is 7.80. The average molecular weight is 316 g/mol. The summed E-state index contributed by atoms with van der Waals surface area (Å²) < 4.78 is 14.0. The number of carbonyl (C=O) groups excluding carboxylic acids is 1. The van der Waals surface area contributed by atoms with E-state index in [1.807, 2.05) is 4.90 Å². The number of nitrogens with two attached hydrogens (primary N) is 1. The molecule has 0 unspecified atom stereocenters. The molecule has 7 heteroatoms. The Kier molecular flexibility index (Phi) is 4.15. The van der Waals surface area contributed by atoms with Crippen LogP contribution >= 0.6 is 23.8 Å². The number of carbonyl (C=O) groups is 1. The standard InChI is InChI=1S/C13H15ClFN3OS/c1-7-11(15)10(14)5-9(13(16)20)12(7)18-4-3-17(6-18)8(2)19/h5H,3-4,6H2,1-2H3,(H2,16,20). The molecular weight excluding hydrogens is 301 g/mol. The number of hydrogen-bond donors (Lipinski definition) is 1. The lowest BCUT2D eigenvalue weighted by Gasteiger charge is -2.24. The molecule has 1 heterocycles. The second-order valence-corrected chi connectivity index (χ2v) is 5.59. The van der Waals surface area contributed by atoms with Crippen molar-refractivity contribution in [2.45, 2.75) is 13.8 Å². The minimum absolute atomic E-state index is 0.00308. The van der Waals surface area contributed by atoms with Gasteiger partial charge in [0, 0.05) is 31.1 Å². The van der Waals surface area contributed by atoms with Crippen LogP contribution in [0.15, 0.2) is 6.07 Å². The smallest absolute Gasteiger partial charge is 0.220 e. The fraction of sp³-hybridized carbons (Fsp3) is 0.385. The molecule has 0 bridgehead atoms. The number of hydrogen-bond acceptors (Lipinski definition) is 3. The third-order valence-corrected chi connectivity index (χ3v) is 3.92. The monoisotopic (exact) mass is 315 g/mol. The molecule has 1 aliphatic heterocycles. The zero-order valence-electron chi connectivity index (χ0n) is 11.2. The molecule has 0 saturated carbocycles. The number of amides is 1. The van der Waals surface area contributed by atoms with Crippen LogP contribution in [0.5, 0.6) is 0 Å². The lowest BCUT2D eigenvalue weighted by atomic mass is 10.1. The van der Waals surface area contributed by atoms with Gasteiger partial charge in [-0.25, -0.2) is 4.39 Å². The molecule has 1 amide bonds. The van der Waals surface area contributed by atoms with Crippen LogP contribution in [0.4, 0.5) is 10.1 Å². The first-order valence-electron chi connectivity index (χ1n) is 6.11. The van der Waals surface area contributed by atoms with Crippen LogP contribution in [0.25, 0.3) is 0 Å². The van der Waals surface area contributed by atoms with Crippen molar-refractivity contribution in [2.75, 3.05) is 24.7 Å². The van der Waals surface area contributed by atoms with E-state index in [0.717, 1.165) is 0 Å². The van der Waals surface area contributed by atoms with Crippen LogP contribution in [0.3, 0.4) is 0 Å². The van der Waals surface area contributed by atoms with Crippen molar-refractivity contribution in [3.05, 3.63) is 28.0 Å². The predicted molar refractivity (Wildman–Crippen MR) is 81.6 cm³/mol. The summed E-state index contributed by atoms with van der Waals surface area (Å²) in [7, 11) is 0. The van der Waals surface area contributed by atoms with Crippen LogP contribution in [-0.4, -0.2) is 35.6 Å². The van der Waals surface area contributed by atoms with Gasteiger partial charge in [-0.2, -0.15) is 0 Å². The Morgan fingerprint density at radius 3 is 2.65 bits per heavy atom. The zero-order chi connectivity index (χ0) is 15.0. The Morgan fingerprint density at radius 1 is 1.50 bits per heavy atom. The molecule has 1 aliphatic rings. The summed E-state index contributed by atoms with van der Waals surface area (Å²) in [6.07, 6.45) is 0. The number of halogens is 2. The van der Waals surface area contributed by atoms with Gasteiger partial charge in [0.05, 0.1) is 17.4 Å². The summed E-state index contributed by atoms with van der Waals surface area (Å²) in [5.74, 6) is -0.501. The van der Waals surface area contributed by atoms with E-state index < -0.39 is 5.82 Å². The van der Waals surface area contributed by atoms with E-state index in [1.165, 1.54) is 13.0 Å². The molecule has 0 radical (unpaired) electrons. The highest BCUT2D eigenvalue weighted by Crippen LogP contribution is 2.33. The van der Waals surface area contributed by atoms with E-state index in [2.05, 4.69) is 0 Å². The maximum Gasteiger partial charge on any atom is 0.220 e. The van der Waals surface area contributed by atoms with E-state index in [-0.39, 0.29) is 15.9 Å². The number of anilines is 1. The van der Waals surface area contributed by atoms with Gasteiger partial charge in [0.2, 0.25) is 5.91 Å². The number of nitrogens with zero attached hydrogens (tertiary/aromatic N) is 2. The molecule has 1 fully saturated rings. The quantitative estimate of drug-likeness (QED) is 0.849. The molecule has 0 aliphatic carbocycles. The Hall–Kier alpha value is -1.40. The molecule has 1 aromatic carbocycles. The molecule has 2 N–H and O–H groups in total. The summed E-state index contributed by atoms with van der Waals surface area (Å²) in [5.41, 5.74) is 7.25. The minimum Gasteiger partial charge on any atom is -0.389 e. The number of rotatable bonds is 2. The first-order valence-corrected chi connectivity index (χ1v) is 6.90. The summed E-state index contributed by atoms with van der Waals surface area (Å²) in [6, 6.07) is 1.44. The highest BCUT2D eigenvalue weighted by atomic mass is 35.5. The molecule has 4 nitrogen and oxygen atoms in total. The zero-order valence-corrected chi connectivity index (χ0v) is 12.8. The third kappa shape index (κ3) is 2.58. The molecule has 20 heavy (non-hydrogen) atoms.